The molecule has 0 aromatic carbocycles. The van der Waals surface area contributed by atoms with E-state index in [2.05, 4.69) is 10.3 Å². The number of hydrogen-bond donors (Lipinski definition) is 1. The highest BCUT2D eigenvalue weighted by Crippen LogP contribution is 2.14. The molecule has 1 atom stereocenters. The summed E-state index contributed by atoms with van der Waals surface area (Å²) in [6.45, 7) is 2.15. The Morgan fingerprint density at radius 1 is 1.35 bits per heavy atom. The molecule has 0 saturated carbocycles. The van der Waals surface area contributed by atoms with Crippen molar-refractivity contribution in [3.8, 4) is 0 Å². The predicted molar refractivity (Wildman–Crippen MR) is 73.8 cm³/mol. The lowest BCUT2D eigenvalue weighted by Gasteiger charge is -2.21. The Labute approximate surface area is 111 Å². The second kappa shape index (κ2) is 7.80. The van der Waals surface area contributed by atoms with Gasteiger partial charge in [0.2, 0.25) is 0 Å². The van der Waals surface area contributed by atoms with Crippen LogP contribution in [0.1, 0.15) is 18.5 Å². The van der Waals surface area contributed by atoms with Crippen LogP contribution in [-0.2, 0) is 16.6 Å². The van der Waals surface area contributed by atoms with Crippen molar-refractivity contribution in [3.63, 3.8) is 0 Å². The third-order valence-corrected chi connectivity index (χ3v) is 4.38. The number of piperidine rings is 1. The second-order valence-corrected chi connectivity index (χ2v) is 5.77. The van der Waals surface area contributed by atoms with Crippen LogP contribution in [0.15, 0.2) is 24.4 Å². The zero-order chi connectivity index (χ0) is 11.2. The molecule has 17 heavy (non-hydrogen) atoms. The van der Waals surface area contributed by atoms with Gasteiger partial charge in [-0.15, -0.1) is 12.4 Å². The number of hydrogen-bond acceptors (Lipinski definition) is 3. The molecule has 1 aliphatic heterocycles. The van der Waals surface area contributed by atoms with Gasteiger partial charge >= 0.3 is 0 Å². The molecule has 3 nitrogen and oxygen atoms in total. The topological polar surface area (TPSA) is 42.0 Å². The normalized spacial score (nSPS) is 18.4. The number of nitrogens with zero attached hydrogens (tertiary/aromatic N) is 1. The predicted octanol–water partition coefficient (Wildman–Crippen LogP) is 1.75. The van der Waals surface area contributed by atoms with Crippen LogP contribution in [0.4, 0.5) is 0 Å². The van der Waals surface area contributed by atoms with Crippen molar-refractivity contribution in [2.75, 3.05) is 18.8 Å². The molecule has 1 aromatic heterocycles. The summed E-state index contributed by atoms with van der Waals surface area (Å²) in [6.07, 6.45) is 4.08. The monoisotopic (exact) mass is 274 g/mol. The Kier molecular flexibility index (Phi) is 6.70. The van der Waals surface area contributed by atoms with Gasteiger partial charge in [-0.1, -0.05) is 6.07 Å². The summed E-state index contributed by atoms with van der Waals surface area (Å²) < 4.78 is 11.9. The van der Waals surface area contributed by atoms with Crippen LogP contribution >= 0.6 is 12.4 Å². The molecule has 5 heteroatoms. The van der Waals surface area contributed by atoms with Crippen LogP contribution in [-0.4, -0.2) is 28.0 Å². The number of pyridine rings is 1. The Bertz CT molecular complexity index is 342. The van der Waals surface area contributed by atoms with E-state index in [1.807, 2.05) is 18.2 Å². The molecule has 0 aliphatic carbocycles. The number of nitrogens with one attached hydrogen (secondary N) is 1. The van der Waals surface area contributed by atoms with Gasteiger partial charge in [0.25, 0.3) is 0 Å². The molecule has 1 aromatic rings. The summed E-state index contributed by atoms with van der Waals surface area (Å²) in [5, 5.41) is 3.33. The average molecular weight is 275 g/mol. The smallest absolute Gasteiger partial charge is 0.0658 e. The standard InChI is InChI=1S/C12H18N2OS.ClH/c15-16(9-11-4-7-13-8-5-11)10-12-3-1-2-6-14-12;/h1-3,6,11,13H,4-5,7-10H2;1H. The molecule has 1 N–H and O–H groups in total. The van der Waals surface area contributed by atoms with Gasteiger partial charge in [-0.25, -0.2) is 0 Å². The Morgan fingerprint density at radius 2 is 2.12 bits per heavy atom. The van der Waals surface area contributed by atoms with Crippen LogP contribution < -0.4 is 5.32 Å². The Morgan fingerprint density at radius 3 is 2.76 bits per heavy atom. The van der Waals surface area contributed by atoms with Gasteiger partial charge in [0.15, 0.2) is 0 Å². The van der Waals surface area contributed by atoms with Gasteiger partial charge in [0, 0.05) is 22.7 Å². The van der Waals surface area contributed by atoms with Crippen molar-refractivity contribution in [1.29, 1.82) is 0 Å². The van der Waals surface area contributed by atoms with E-state index in [4.69, 9.17) is 0 Å². The van der Waals surface area contributed by atoms with Crippen molar-refractivity contribution in [2.24, 2.45) is 5.92 Å². The fraction of sp³-hybridized carbons (Fsp3) is 0.583. The third kappa shape index (κ3) is 5.15. The van der Waals surface area contributed by atoms with Gasteiger partial charge in [0.05, 0.1) is 11.4 Å². The zero-order valence-electron chi connectivity index (χ0n) is 9.80. The Balaban J connectivity index is 0.00000144. The van der Waals surface area contributed by atoms with Crippen molar-refractivity contribution >= 4 is 23.2 Å². The zero-order valence-corrected chi connectivity index (χ0v) is 11.4. The first-order chi connectivity index (χ1) is 7.84. The maximum atomic E-state index is 11.9. The second-order valence-electron chi connectivity index (χ2n) is 4.27. The molecule has 0 radical (unpaired) electrons. The van der Waals surface area contributed by atoms with Crippen LogP contribution in [0.2, 0.25) is 0 Å². The van der Waals surface area contributed by atoms with Gasteiger partial charge < -0.3 is 5.32 Å². The minimum Gasteiger partial charge on any atom is -0.317 e. The highest BCUT2D eigenvalue weighted by atomic mass is 35.5. The highest BCUT2D eigenvalue weighted by molar-refractivity contribution is 7.84. The summed E-state index contributed by atoms with van der Waals surface area (Å²) in [6, 6.07) is 5.78. The summed E-state index contributed by atoms with van der Waals surface area (Å²) in [7, 11) is -0.759. The van der Waals surface area contributed by atoms with E-state index in [0.29, 0.717) is 11.7 Å². The molecule has 0 bridgehead atoms. The molecule has 1 saturated heterocycles. The first kappa shape index (κ1) is 14.6. The van der Waals surface area contributed by atoms with E-state index < -0.39 is 10.8 Å². The van der Waals surface area contributed by atoms with Crippen molar-refractivity contribution in [2.45, 2.75) is 18.6 Å². The number of aromatic nitrogens is 1. The van der Waals surface area contributed by atoms with Gasteiger partial charge in [-0.2, -0.15) is 0 Å². The van der Waals surface area contributed by atoms with Crippen LogP contribution in [0, 0.1) is 5.92 Å². The number of halogens is 1. The molecule has 1 unspecified atom stereocenters. The van der Waals surface area contributed by atoms with Gasteiger partial charge in [0.1, 0.15) is 0 Å². The average Bonchev–Trinajstić information content (AvgIpc) is 2.31. The van der Waals surface area contributed by atoms with E-state index in [9.17, 15) is 4.21 Å². The molecule has 0 spiro atoms. The SMILES string of the molecule is Cl.O=S(Cc1ccccn1)CC1CCNCC1. The lowest BCUT2D eigenvalue weighted by Crippen LogP contribution is -2.30. The molecule has 96 valence electrons. The molecule has 1 fully saturated rings. The van der Waals surface area contributed by atoms with E-state index in [1.54, 1.807) is 6.20 Å². The van der Waals surface area contributed by atoms with Gasteiger partial charge in [-0.05, 0) is 44.0 Å². The Hall–Kier alpha value is -0.450. The van der Waals surface area contributed by atoms with Crippen LogP contribution in [0.25, 0.3) is 0 Å². The van der Waals surface area contributed by atoms with Gasteiger partial charge in [-0.3, -0.25) is 9.19 Å². The quantitative estimate of drug-likeness (QED) is 0.910. The van der Waals surface area contributed by atoms with E-state index in [0.717, 1.165) is 37.4 Å². The number of rotatable bonds is 4. The first-order valence-corrected chi connectivity index (χ1v) is 7.29. The molecular formula is C12H19ClN2OS. The largest absolute Gasteiger partial charge is 0.317 e. The minimum atomic E-state index is -0.759. The maximum absolute atomic E-state index is 11.9. The van der Waals surface area contributed by atoms with E-state index >= 15 is 0 Å². The lowest BCUT2D eigenvalue weighted by molar-refractivity contribution is 0.405. The van der Waals surface area contributed by atoms with Crippen molar-refractivity contribution in [1.82, 2.24) is 10.3 Å². The molecule has 2 heterocycles. The summed E-state index contributed by atoms with van der Waals surface area (Å²) in [5.74, 6) is 2.06. The lowest BCUT2D eigenvalue weighted by atomic mass is 10.0. The molecule has 2 rings (SSSR count). The first-order valence-electron chi connectivity index (χ1n) is 5.80. The van der Waals surface area contributed by atoms with Crippen molar-refractivity contribution in [3.05, 3.63) is 30.1 Å². The summed E-state index contributed by atoms with van der Waals surface area (Å²) in [4.78, 5) is 4.21. The molecule has 0 amide bonds. The van der Waals surface area contributed by atoms with Crippen LogP contribution in [0.3, 0.4) is 0 Å². The minimum absolute atomic E-state index is 0. The summed E-state index contributed by atoms with van der Waals surface area (Å²) >= 11 is 0. The maximum Gasteiger partial charge on any atom is 0.0658 e. The van der Waals surface area contributed by atoms with Crippen molar-refractivity contribution < 1.29 is 4.21 Å². The molecule has 1 aliphatic rings. The highest BCUT2D eigenvalue weighted by Gasteiger charge is 2.16. The fourth-order valence-corrected chi connectivity index (χ4v) is 3.50. The molecular weight excluding hydrogens is 256 g/mol. The van der Waals surface area contributed by atoms with E-state index in [1.165, 1.54) is 0 Å². The van der Waals surface area contributed by atoms with Crippen LogP contribution in [0.5, 0.6) is 0 Å². The summed E-state index contributed by atoms with van der Waals surface area (Å²) in [5.41, 5.74) is 0.940. The third-order valence-electron chi connectivity index (χ3n) is 2.92. The fourth-order valence-electron chi connectivity index (χ4n) is 2.02. The van der Waals surface area contributed by atoms with E-state index in [-0.39, 0.29) is 12.4 Å².